The van der Waals surface area contributed by atoms with Crippen LogP contribution in [0.1, 0.15) is 278 Å². The van der Waals surface area contributed by atoms with Crippen molar-refractivity contribution in [2.75, 3.05) is 13.2 Å². The molecule has 0 spiro atoms. The van der Waals surface area contributed by atoms with Crippen molar-refractivity contribution in [1.82, 2.24) is 0 Å². The molecule has 0 saturated carbocycles. The lowest BCUT2D eigenvalue weighted by molar-refractivity contribution is -0.166. The maximum Gasteiger partial charge on any atom is 0.306 e. The van der Waals surface area contributed by atoms with Gasteiger partial charge in [-0.05, 0) is 135 Å². The van der Waals surface area contributed by atoms with Gasteiger partial charge in [0.15, 0.2) is 6.10 Å². The minimum Gasteiger partial charge on any atom is -0.462 e. The van der Waals surface area contributed by atoms with Gasteiger partial charge in [-0.15, -0.1) is 0 Å². The van der Waals surface area contributed by atoms with E-state index in [0.29, 0.717) is 19.3 Å². The topological polar surface area (TPSA) is 78.9 Å². The minimum atomic E-state index is -0.821. The second-order valence-corrected chi connectivity index (χ2v) is 21.6. The number of carbonyl (C=O) groups excluding carboxylic acids is 3. The number of unbranched alkanes of at least 4 members (excludes halogenated alkanes) is 20. The molecule has 83 heavy (non-hydrogen) atoms. The van der Waals surface area contributed by atoms with E-state index in [9.17, 15) is 14.4 Å². The molecule has 0 saturated heterocycles. The molecular formula is C77H122O6. The number of ether oxygens (including phenoxy) is 3. The molecule has 0 aliphatic rings. The highest BCUT2D eigenvalue weighted by atomic mass is 16.6. The second-order valence-electron chi connectivity index (χ2n) is 21.6. The number of hydrogen-bond donors (Lipinski definition) is 0. The average molecular weight is 1140 g/mol. The van der Waals surface area contributed by atoms with E-state index in [1.54, 1.807) is 0 Å². The molecule has 0 aromatic heterocycles. The number of carbonyl (C=O) groups is 3. The third-order valence-electron chi connectivity index (χ3n) is 13.7. The Labute approximate surface area is 511 Å². The third-order valence-corrected chi connectivity index (χ3v) is 13.7. The smallest absolute Gasteiger partial charge is 0.306 e. The molecule has 6 nitrogen and oxygen atoms in total. The van der Waals surface area contributed by atoms with Crippen molar-refractivity contribution in [3.8, 4) is 0 Å². The summed E-state index contributed by atoms with van der Waals surface area (Å²) in [5, 5.41) is 0. The fourth-order valence-corrected chi connectivity index (χ4v) is 8.80. The summed E-state index contributed by atoms with van der Waals surface area (Å²) in [6, 6.07) is 0. The Morgan fingerprint density at radius 1 is 0.241 bits per heavy atom. The van der Waals surface area contributed by atoms with E-state index in [-0.39, 0.29) is 37.5 Å². The molecule has 0 aromatic carbocycles. The fourth-order valence-electron chi connectivity index (χ4n) is 8.80. The van der Waals surface area contributed by atoms with Crippen LogP contribution in [0.25, 0.3) is 0 Å². The predicted molar refractivity (Wildman–Crippen MR) is 361 cm³/mol. The number of rotatable bonds is 59. The lowest BCUT2D eigenvalue weighted by Gasteiger charge is -2.18. The van der Waals surface area contributed by atoms with Crippen molar-refractivity contribution >= 4 is 17.9 Å². The van der Waals surface area contributed by atoms with Gasteiger partial charge in [-0.25, -0.2) is 0 Å². The number of hydrogen-bond acceptors (Lipinski definition) is 6. The van der Waals surface area contributed by atoms with Crippen LogP contribution in [0.15, 0.2) is 170 Å². The van der Waals surface area contributed by atoms with Crippen molar-refractivity contribution < 1.29 is 28.6 Å². The Morgan fingerprint density at radius 3 is 0.747 bits per heavy atom. The highest BCUT2D eigenvalue weighted by Gasteiger charge is 2.19. The SMILES string of the molecule is CC/C=C\C/C=C\C/C=C\C/C=C\C/C=C\C/C=C\CCCCCCCCCCCCCCC(=O)OCC(COC(=O)CC/C=C\C/C=C\C/C=C\C/C=C\CC)OC(=O)CCCCCCCCCC/C=C\C/C=C\C/C=C\C/C=C\CC. The summed E-state index contributed by atoms with van der Waals surface area (Å²) in [7, 11) is 0. The standard InChI is InChI=1S/C77H122O6/c1-4-7-10-13-16-19-22-25-27-29-31-33-34-35-36-37-38-39-40-41-42-44-45-47-49-52-55-58-61-64-67-70-76(79)82-73-74(72-81-75(78)69-66-63-60-57-54-51-24-21-18-15-12-9-6-3)83-77(80)71-68-65-62-59-56-53-50-48-46-43-32-30-28-26-23-20-17-14-11-8-5-2/h7-12,16-21,25-28,31-33,35-36,38-39,43,51,54,60,63,74H,4-6,13-15,22-24,29-30,34,37,40-42,44-50,52-53,55-59,61-62,64-73H2,1-3H3/b10-7-,11-8-,12-9-,19-16-,20-17-,21-18-,27-25-,28-26-,33-31-,36-35-,39-38-,43-32-,54-51-,63-60-. The Balaban J connectivity index is 4.34. The Hall–Kier alpha value is -5.23. The van der Waals surface area contributed by atoms with Gasteiger partial charge in [-0.1, -0.05) is 294 Å². The molecule has 6 heteroatoms. The summed E-state index contributed by atoms with van der Waals surface area (Å²) >= 11 is 0. The molecule has 1 unspecified atom stereocenters. The lowest BCUT2D eigenvalue weighted by atomic mass is 10.0. The first-order valence-corrected chi connectivity index (χ1v) is 33.6. The number of esters is 3. The fraction of sp³-hybridized carbons (Fsp3) is 0.597. The molecule has 466 valence electrons. The van der Waals surface area contributed by atoms with Gasteiger partial charge in [0, 0.05) is 19.3 Å². The van der Waals surface area contributed by atoms with Crippen molar-refractivity contribution in [3.63, 3.8) is 0 Å². The van der Waals surface area contributed by atoms with Crippen molar-refractivity contribution in [3.05, 3.63) is 170 Å². The normalized spacial score (nSPS) is 13.2. The summed E-state index contributed by atoms with van der Waals surface area (Å²) in [5.74, 6) is -1.01. The molecular weight excluding hydrogens is 1020 g/mol. The third kappa shape index (κ3) is 67.4. The van der Waals surface area contributed by atoms with Crippen molar-refractivity contribution in [2.45, 2.75) is 284 Å². The molecule has 0 aliphatic carbocycles. The first-order chi connectivity index (χ1) is 41.0. The summed E-state index contributed by atoms with van der Waals surface area (Å²) in [4.78, 5) is 38.3. The molecule has 0 aromatic rings. The molecule has 0 radical (unpaired) electrons. The Bertz CT molecular complexity index is 1890. The Morgan fingerprint density at radius 2 is 0.458 bits per heavy atom. The van der Waals surface area contributed by atoms with E-state index in [1.807, 2.05) is 6.08 Å². The monoisotopic (exact) mass is 1140 g/mol. The molecule has 0 rings (SSSR count). The molecule has 0 N–H and O–H groups in total. The molecule has 0 bridgehead atoms. The second kappa shape index (κ2) is 69.3. The van der Waals surface area contributed by atoms with Gasteiger partial charge in [0.2, 0.25) is 0 Å². The molecule has 0 amide bonds. The van der Waals surface area contributed by atoms with Crippen LogP contribution in [0.5, 0.6) is 0 Å². The maximum absolute atomic E-state index is 12.9. The highest BCUT2D eigenvalue weighted by molar-refractivity contribution is 5.71. The molecule has 0 fully saturated rings. The lowest BCUT2D eigenvalue weighted by Crippen LogP contribution is -2.30. The van der Waals surface area contributed by atoms with Crippen LogP contribution in [0.3, 0.4) is 0 Å². The summed E-state index contributed by atoms with van der Waals surface area (Å²) < 4.78 is 16.9. The number of allylic oxidation sites excluding steroid dienone is 28. The van der Waals surface area contributed by atoms with E-state index < -0.39 is 6.10 Å². The van der Waals surface area contributed by atoms with E-state index in [1.165, 1.54) is 96.3 Å². The zero-order chi connectivity index (χ0) is 59.9. The van der Waals surface area contributed by atoms with Crippen molar-refractivity contribution in [1.29, 1.82) is 0 Å². The Kier molecular flexibility index (Phi) is 64.9. The van der Waals surface area contributed by atoms with E-state index in [4.69, 9.17) is 14.2 Å². The zero-order valence-corrected chi connectivity index (χ0v) is 53.4. The van der Waals surface area contributed by atoms with Crippen LogP contribution >= 0.6 is 0 Å². The maximum atomic E-state index is 12.9. The van der Waals surface area contributed by atoms with E-state index >= 15 is 0 Å². The van der Waals surface area contributed by atoms with Gasteiger partial charge < -0.3 is 14.2 Å². The molecule has 1 atom stereocenters. The first kappa shape index (κ1) is 77.8. The minimum absolute atomic E-state index is 0.111. The summed E-state index contributed by atoms with van der Waals surface area (Å²) in [6.45, 7) is 6.23. The summed E-state index contributed by atoms with van der Waals surface area (Å²) in [6.07, 6.45) is 102. The quantitative estimate of drug-likeness (QED) is 0.0261. The van der Waals surface area contributed by atoms with E-state index in [2.05, 4.69) is 185 Å². The molecule has 0 heterocycles. The van der Waals surface area contributed by atoms with Crippen LogP contribution in [-0.4, -0.2) is 37.2 Å². The predicted octanol–water partition coefficient (Wildman–Crippen LogP) is 23.4. The van der Waals surface area contributed by atoms with Gasteiger partial charge in [0.25, 0.3) is 0 Å². The van der Waals surface area contributed by atoms with Crippen LogP contribution in [0.2, 0.25) is 0 Å². The van der Waals surface area contributed by atoms with Crippen LogP contribution in [0, 0.1) is 0 Å². The van der Waals surface area contributed by atoms with Crippen LogP contribution in [-0.2, 0) is 28.6 Å². The van der Waals surface area contributed by atoms with E-state index in [0.717, 1.165) is 135 Å². The highest BCUT2D eigenvalue weighted by Crippen LogP contribution is 2.15. The van der Waals surface area contributed by atoms with Gasteiger partial charge >= 0.3 is 17.9 Å². The van der Waals surface area contributed by atoms with Gasteiger partial charge in [-0.3, -0.25) is 14.4 Å². The largest absolute Gasteiger partial charge is 0.462 e. The van der Waals surface area contributed by atoms with Gasteiger partial charge in [-0.2, -0.15) is 0 Å². The van der Waals surface area contributed by atoms with Crippen LogP contribution in [0.4, 0.5) is 0 Å². The van der Waals surface area contributed by atoms with Crippen molar-refractivity contribution in [2.24, 2.45) is 0 Å². The van der Waals surface area contributed by atoms with Gasteiger partial charge in [0.1, 0.15) is 13.2 Å². The van der Waals surface area contributed by atoms with Crippen LogP contribution < -0.4 is 0 Å². The van der Waals surface area contributed by atoms with Gasteiger partial charge in [0.05, 0.1) is 0 Å². The zero-order valence-electron chi connectivity index (χ0n) is 53.4. The first-order valence-electron chi connectivity index (χ1n) is 33.6. The summed E-state index contributed by atoms with van der Waals surface area (Å²) in [5.41, 5.74) is 0. The molecule has 0 aliphatic heterocycles. The average Bonchev–Trinajstić information content (AvgIpc) is 3.49.